The largest absolute Gasteiger partial charge is 0.289 e. The molecule has 8 nitrogen and oxygen atoms in total. The van der Waals surface area contributed by atoms with Crippen molar-refractivity contribution in [2.45, 2.75) is 9.79 Å². The molecule has 0 aliphatic heterocycles. The Hall–Kier alpha value is -3.32. The number of halogens is 2. The fourth-order valence-corrected chi connectivity index (χ4v) is 6.60. The van der Waals surface area contributed by atoms with Crippen LogP contribution >= 0.6 is 31.9 Å². The molecule has 192 valence electrons. The lowest BCUT2D eigenvalue weighted by Crippen LogP contribution is -2.23. The van der Waals surface area contributed by atoms with Crippen LogP contribution in [0.2, 0.25) is 0 Å². The van der Waals surface area contributed by atoms with Gasteiger partial charge in [0.15, 0.2) is 11.6 Å². The molecule has 2 N–H and O–H groups in total. The van der Waals surface area contributed by atoms with Gasteiger partial charge in [0.25, 0.3) is 20.0 Å². The summed E-state index contributed by atoms with van der Waals surface area (Å²) in [6.45, 7) is 0. The highest BCUT2D eigenvalue weighted by Gasteiger charge is 2.32. The van der Waals surface area contributed by atoms with Crippen molar-refractivity contribution in [3.63, 3.8) is 0 Å². The topological polar surface area (TPSA) is 126 Å². The maximum absolute atomic E-state index is 13.3. The van der Waals surface area contributed by atoms with Gasteiger partial charge in [0.1, 0.15) is 0 Å². The van der Waals surface area contributed by atoms with E-state index in [-0.39, 0.29) is 32.0 Å². The number of benzene rings is 4. The summed E-state index contributed by atoms with van der Waals surface area (Å²) in [5.41, 5.74) is 0.462. The predicted octanol–water partition coefficient (Wildman–Crippen LogP) is 5.59. The third-order valence-corrected chi connectivity index (χ3v) is 9.59. The highest BCUT2D eigenvalue weighted by Crippen LogP contribution is 2.31. The number of hydrogen-bond acceptors (Lipinski definition) is 6. The molecule has 1 aliphatic carbocycles. The number of sulfonamides is 2. The number of anilines is 2. The van der Waals surface area contributed by atoms with E-state index in [2.05, 4.69) is 41.3 Å². The van der Waals surface area contributed by atoms with Crippen LogP contribution in [-0.2, 0) is 20.0 Å². The number of carbonyl (C=O) groups excluding carboxylic acids is 2. The van der Waals surface area contributed by atoms with Crippen molar-refractivity contribution in [2.24, 2.45) is 0 Å². The van der Waals surface area contributed by atoms with Gasteiger partial charge in [0.05, 0.1) is 9.79 Å². The first kappa shape index (κ1) is 26.3. The van der Waals surface area contributed by atoms with E-state index in [1.807, 2.05) is 0 Å². The minimum Gasteiger partial charge on any atom is -0.289 e. The molecular formula is C26H16Br2N2O6S2. The Kier molecular flexibility index (Phi) is 6.76. The summed E-state index contributed by atoms with van der Waals surface area (Å²) < 4.78 is 58.2. The summed E-state index contributed by atoms with van der Waals surface area (Å²) in [4.78, 5) is 26.2. The number of ketones is 2. The molecule has 0 atom stereocenters. The molecule has 12 heteroatoms. The zero-order valence-corrected chi connectivity index (χ0v) is 23.9. The number of carbonyl (C=O) groups is 2. The van der Waals surface area contributed by atoms with Gasteiger partial charge in [-0.2, -0.15) is 0 Å². The zero-order chi connectivity index (χ0) is 27.2. The van der Waals surface area contributed by atoms with Gasteiger partial charge in [0, 0.05) is 42.6 Å². The first-order valence-corrected chi connectivity index (χ1v) is 15.4. The van der Waals surface area contributed by atoms with Gasteiger partial charge in [0.2, 0.25) is 0 Å². The average molecular weight is 676 g/mol. The van der Waals surface area contributed by atoms with Crippen LogP contribution in [0.15, 0.2) is 104 Å². The molecule has 1 aliphatic rings. The lowest BCUT2D eigenvalue weighted by atomic mass is 9.84. The molecular weight excluding hydrogens is 660 g/mol. The third kappa shape index (κ3) is 5.04. The van der Waals surface area contributed by atoms with Gasteiger partial charge < -0.3 is 0 Å². The third-order valence-electron chi connectivity index (χ3n) is 5.77. The van der Waals surface area contributed by atoms with Crippen molar-refractivity contribution in [1.82, 2.24) is 0 Å². The molecule has 0 saturated heterocycles. The molecule has 0 amide bonds. The second-order valence-corrected chi connectivity index (χ2v) is 13.5. The fourth-order valence-electron chi connectivity index (χ4n) is 3.91. The van der Waals surface area contributed by atoms with Crippen LogP contribution in [0.1, 0.15) is 31.8 Å². The summed E-state index contributed by atoms with van der Waals surface area (Å²) in [6.07, 6.45) is 0. The molecule has 4 aromatic rings. The van der Waals surface area contributed by atoms with E-state index in [1.165, 1.54) is 24.3 Å². The number of rotatable bonds is 6. The zero-order valence-electron chi connectivity index (χ0n) is 19.1. The van der Waals surface area contributed by atoms with E-state index >= 15 is 0 Å². The Morgan fingerprint density at radius 1 is 0.474 bits per heavy atom. The Morgan fingerprint density at radius 3 is 1.16 bits per heavy atom. The Bertz CT molecular complexity index is 1700. The molecule has 0 heterocycles. The average Bonchev–Trinajstić information content (AvgIpc) is 2.89. The standard InChI is InChI=1S/C26H16Br2N2O6S2/c27-15-1-5-17(6-2-15)29-37(33,34)19-9-11-21-23(13-19)25(31)22-12-10-20(14-24(22)26(21)32)38(35,36)30-18-7-3-16(28)4-8-18/h1-14,29-30H. The fraction of sp³-hybridized carbons (Fsp3) is 0. The normalized spacial score (nSPS) is 13.0. The van der Waals surface area contributed by atoms with Gasteiger partial charge in [-0.1, -0.05) is 31.9 Å². The lowest BCUT2D eigenvalue weighted by Gasteiger charge is -2.19. The van der Waals surface area contributed by atoms with Gasteiger partial charge in [-0.15, -0.1) is 0 Å². The molecule has 0 fully saturated rings. The summed E-state index contributed by atoms with van der Waals surface area (Å²) in [6, 6.07) is 20.3. The van der Waals surface area contributed by atoms with Crippen molar-refractivity contribution in [3.8, 4) is 0 Å². The Balaban J connectivity index is 1.47. The smallest absolute Gasteiger partial charge is 0.261 e. The molecule has 0 aromatic heterocycles. The number of nitrogens with one attached hydrogen (secondary N) is 2. The molecule has 4 aromatic carbocycles. The summed E-state index contributed by atoms with van der Waals surface area (Å²) in [7, 11) is -8.11. The monoisotopic (exact) mass is 674 g/mol. The van der Waals surface area contributed by atoms with Crippen LogP contribution < -0.4 is 9.44 Å². The molecule has 0 radical (unpaired) electrons. The highest BCUT2D eigenvalue weighted by molar-refractivity contribution is 9.10. The first-order chi connectivity index (χ1) is 17.9. The second kappa shape index (κ2) is 9.77. The number of hydrogen-bond donors (Lipinski definition) is 2. The van der Waals surface area contributed by atoms with Gasteiger partial charge >= 0.3 is 0 Å². The quantitative estimate of drug-likeness (QED) is 0.242. The minimum absolute atomic E-state index is 0.0134. The van der Waals surface area contributed by atoms with E-state index in [4.69, 9.17) is 0 Å². The maximum Gasteiger partial charge on any atom is 0.261 e. The van der Waals surface area contributed by atoms with Crippen LogP contribution in [-0.4, -0.2) is 28.4 Å². The second-order valence-electron chi connectivity index (χ2n) is 8.30. The molecule has 0 bridgehead atoms. The van der Waals surface area contributed by atoms with E-state index in [1.54, 1.807) is 48.5 Å². The molecule has 0 unspecified atom stereocenters. The Labute approximate surface area is 235 Å². The molecule has 0 saturated carbocycles. The van der Waals surface area contributed by atoms with Crippen molar-refractivity contribution in [1.29, 1.82) is 0 Å². The molecule has 5 rings (SSSR count). The van der Waals surface area contributed by atoms with Crippen molar-refractivity contribution >= 4 is 74.8 Å². The van der Waals surface area contributed by atoms with Crippen LogP contribution in [0.3, 0.4) is 0 Å². The minimum atomic E-state index is -4.06. The van der Waals surface area contributed by atoms with Gasteiger partial charge in [-0.05, 0) is 84.9 Å². The van der Waals surface area contributed by atoms with Crippen molar-refractivity contribution < 1.29 is 26.4 Å². The molecule has 0 spiro atoms. The van der Waals surface area contributed by atoms with E-state index in [9.17, 15) is 26.4 Å². The summed E-state index contributed by atoms with van der Waals surface area (Å²) in [5.74, 6) is -1.17. The summed E-state index contributed by atoms with van der Waals surface area (Å²) >= 11 is 6.57. The first-order valence-electron chi connectivity index (χ1n) is 10.9. The van der Waals surface area contributed by atoms with E-state index in [0.717, 1.165) is 21.1 Å². The van der Waals surface area contributed by atoms with Gasteiger partial charge in [-0.25, -0.2) is 16.8 Å². The summed E-state index contributed by atoms with van der Waals surface area (Å²) in [5, 5.41) is 0. The van der Waals surface area contributed by atoms with Crippen LogP contribution in [0, 0.1) is 0 Å². The number of fused-ring (bicyclic) bond motifs is 2. The van der Waals surface area contributed by atoms with Crippen LogP contribution in [0.25, 0.3) is 0 Å². The maximum atomic E-state index is 13.3. The van der Waals surface area contributed by atoms with Crippen molar-refractivity contribution in [3.05, 3.63) is 116 Å². The van der Waals surface area contributed by atoms with Gasteiger partial charge in [-0.3, -0.25) is 19.0 Å². The van der Waals surface area contributed by atoms with Crippen LogP contribution in [0.4, 0.5) is 11.4 Å². The Morgan fingerprint density at radius 2 is 0.816 bits per heavy atom. The predicted molar refractivity (Wildman–Crippen MR) is 150 cm³/mol. The SMILES string of the molecule is O=C1c2ccc(S(=O)(=O)Nc3ccc(Br)cc3)cc2C(=O)c2ccc(S(=O)(=O)Nc3ccc(Br)cc3)cc21. The molecule has 38 heavy (non-hydrogen) atoms. The highest BCUT2D eigenvalue weighted by atomic mass is 79.9. The lowest BCUT2D eigenvalue weighted by molar-refractivity contribution is 0.0978. The van der Waals surface area contributed by atoms with E-state index in [0.29, 0.717) is 11.4 Å². The van der Waals surface area contributed by atoms with Crippen molar-refractivity contribution in [2.75, 3.05) is 9.44 Å². The van der Waals surface area contributed by atoms with E-state index < -0.39 is 31.6 Å². The van der Waals surface area contributed by atoms with Crippen LogP contribution in [0.5, 0.6) is 0 Å².